The predicted octanol–water partition coefficient (Wildman–Crippen LogP) is -1.93. The molecule has 0 aliphatic heterocycles. The molecular weight excluding hydrogens is 304 g/mol. The van der Waals surface area contributed by atoms with E-state index in [-0.39, 0.29) is 57.8 Å². The molecule has 0 aliphatic carbocycles. The van der Waals surface area contributed by atoms with Crippen LogP contribution in [0.15, 0.2) is 0 Å². The van der Waals surface area contributed by atoms with E-state index in [0.717, 1.165) is 6.29 Å². The number of rotatable bonds is 15. The fourth-order valence-electron chi connectivity index (χ4n) is 2.39. The lowest BCUT2D eigenvalue weighted by Crippen LogP contribution is -2.36. The average molecular weight is 334 g/mol. The number of carbonyl (C=O) groups is 2. The average Bonchev–Trinajstić information content (AvgIpc) is 2.53. The number of amides is 1. The first kappa shape index (κ1) is 21.9. The molecule has 8 nitrogen and oxygen atoms in total. The maximum absolute atomic E-state index is 12.0. The first-order valence-corrected chi connectivity index (χ1v) is 8.01. The first-order chi connectivity index (χ1) is 11.1. The molecule has 0 bridgehead atoms. The minimum Gasteiger partial charge on any atom is -0.395 e. The number of hydrogen-bond acceptors (Lipinski definition) is 7. The van der Waals surface area contributed by atoms with Crippen LogP contribution >= 0.6 is 0 Å². The van der Waals surface area contributed by atoms with Gasteiger partial charge in [-0.15, -0.1) is 0 Å². The number of aldehydes is 1. The maximum atomic E-state index is 12.0. The fourth-order valence-corrected chi connectivity index (χ4v) is 2.39. The molecule has 1 atom stereocenters. The van der Waals surface area contributed by atoms with E-state index in [0.29, 0.717) is 32.5 Å². The Bertz CT molecular complexity index is 304. The van der Waals surface area contributed by atoms with Crippen LogP contribution in [0.4, 0.5) is 0 Å². The van der Waals surface area contributed by atoms with E-state index < -0.39 is 0 Å². The van der Waals surface area contributed by atoms with Crippen molar-refractivity contribution in [2.24, 2.45) is 5.92 Å². The summed E-state index contributed by atoms with van der Waals surface area (Å²) in [5.74, 6) is -0.412. The van der Waals surface area contributed by atoms with Gasteiger partial charge in [-0.1, -0.05) is 0 Å². The zero-order valence-corrected chi connectivity index (χ0v) is 13.6. The van der Waals surface area contributed by atoms with Crippen molar-refractivity contribution in [1.29, 1.82) is 0 Å². The molecule has 0 saturated heterocycles. The molecule has 0 rings (SSSR count). The smallest absolute Gasteiger partial charge is 0.222 e. The van der Waals surface area contributed by atoms with E-state index in [1.54, 1.807) is 0 Å². The summed E-state index contributed by atoms with van der Waals surface area (Å²) in [6.45, 7) is 1.22. The third-order valence-electron chi connectivity index (χ3n) is 3.58. The molecule has 0 saturated carbocycles. The van der Waals surface area contributed by atoms with Gasteiger partial charge in [-0.2, -0.15) is 0 Å². The molecule has 0 aromatic carbocycles. The van der Waals surface area contributed by atoms with Crippen molar-refractivity contribution in [3.05, 3.63) is 0 Å². The monoisotopic (exact) mass is 334 g/mol. The van der Waals surface area contributed by atoms with Gasteiger partial charge in [-0.25, -0.2) is 0 Å². The highest BCUT2D eigenvalue weighted by molar-refractivity contribution is 5.76. The van der Waals surface area contributed by atoms with Crippen molar-refractivity contribution in [2.45, 2.75) is 19.3 Å². The molecule has 1 unspecified atom stereocenters. The standard InChI is InChI=1S/C15H30N2O6/c18-8-4-16(5-9-19)12-14(13-22)2-1-3-15(23)17(6-10-20)7-11-21/h13-14,18-21H,1-12H2. The summed E-state index contributed by atoms with van der Waals surface area (Å²) >= 11 is 0. The highest BCUT2D eigenvalue weighted by atomic mass is 16.3. The lowest BCUT2D eigenvalue weighted by atomic mass is 10.0. The Morgan fingerprint density at radius 3 is 1.87 bits per heavy atom. The van der Waals surface area contributed by atoms with Gasteiger partial charge < -0.3 is 30.1 Å². The number of aliphatic hydroxyl groups excluding tert-OH is 4. The van der Waals surface area contributed by atoms with Crippen molar-refractivity contribution in [2.75, 3.05) is 59.2 Å². The zero-order chi connectivity index (χ0) is 17.5. The minimum atomic E-state index is -0.259. The summed E-state index contributed by atoms with van der Waals surface area (Å²) in [6.07, 6.45) is 2.16. The molecule has 136 valence electrons. The summed E-state index contributed by atoms with van der Waals surface area (Å²) < 4.78 is 0. The van der Waals surface area contributed by atoms with Crippen LogP contribution in [0.25, 0.3) is 0 Å². The van der Waals surface area contributed by atoms with Gasteiger partial charge in [0.15, 0.2) is 0 Å². The van der Waals surface area contributed by atoms with Crippen molar-refractivity contribution in [1.82, 2.24) is 9.80 Å². The highest BCUT2D eigenvalue weighted by Crippen LogP contribution is 2.10. The second-order valence-electron chi connectivity index (χ2n) is 5.36. The molecule has 0 radical (unpaired) electrons. The van der Waals surface area contributed by atoms with Crippen LogP contribution in [-0.2, 0) is 9.59 Å². The van der Waals surface area contributed by atoms with Crippen molar-refractivity contribution in [3.63, 3.8) is 0 Å². The van der Waals surface area contributed by atoms with Gasteiger partial charge in [0.25, 0.3) is 0 Å². The second-order valence-corrected chi connectivity index (χ2v) is 5.36. The Morgan fingerprint density at radius 2 is 1.43 bits per heavy atom. The number of carbonyl (C=O) groups excluding carboxylic acids is 2. The van der Waals surface area contributed by atoms with Crippen molar-refractivity contribution >= 4 is 12.2 Å². The van der Waals surface area contributed by atoms with Crippen LogP contribution in [0.5, 0.6) is 0 Å². The SMILES string of the molecule is O=CC(CCCC(=O)N(CCO)CCO)CN(CCO)CCO. The fraction of sp³-hybridized carbons (Fsp3) is 0.867. The molecule has 0 aromatic rings. The number of aliphatic hydroxyl groups is 4. The first-order valence-electron chi connectivity index (χ1n) is 8.01. The molecule has 8 heteroatoms. The van der Waals surface area contributed by atoms with Crippen LogP contribution in [0.1, 0.15) is 19.3 Å². The van der Waals surface area contributed by atoms with E-state index >= 15 is 0 Å². The normalized spacial score (nSPS) is 12.4. The van der Waals surface area contributed by atoms with E-state index in [4.69, 9.17) is 20.4 Å². The molecular formula is C15H30N2O6. The summed E-state index contributed by atoms with van der Waals surface area (Å²) in [5, 5.41) is 35.7. The minimum absolute atomic E-state index is 0.0403. The van der Waals surface area contributed by atoms with Gasteiger partial charge in [0.05, 0.1) is 26.4 Å². The third kappa shape index (κ3) is 10.4. The summed E-state index contributed by atoms with van der Waals surface area (Å²) in [5.41, 5.74) is 0. The molecule has 1 amide bonds. The van der Waals surface area contributed by atoms with Gasteiger partial charge in [-0.3, -0.25) is 9.69 Å². The van der Waals surface area contributed by atoms with Crippen LogP contribution in [-0.4, -0.2) is 102 Å². The van der Waals surface area contributed by atoms with Gasteiger partial charge in [-0.05, 0) is 12.8 Å². The van der Waals surface area contributed by atoms with E-state index in [1.165, 1.54) is 4.90 Å². The van der Waals surface area contributed by atoms with Crippen molar-refractivity contribution < 1.29 is 30.0 Å². The maximum Gasteiger partial charge on any atom is 0.222 e. The lowest BCUT2D eigenvalue weighted by molar-refractivity contribution is -0.132. The Balaban J connectivity index is 4.23. The summed E-state index contributed by atoms with van der Waals surface area (Å²) in [7, 11) is 0. The quantitative estimate of drug-likeness (QED) is 0.257. The molecule has 0 aromatic heterocycles. The summed E-state index contributed by atoms with van der Waals surface area (Å²) in [6, 6.07) is 0. The largest absolute Gasteiger partial charge is 0.395 e. The van der Waals surface area contributed by atoms with Crippen LogP contribution in [0.3, 0.4) is 0 Å². The third-order valence-corrected chi connectivity index (χ3v) is 3.58. The van der Waals surface area contributed by atoms with Crippen LogP contribution < -0.4 is 0 Å². The predicted molar refractivity (Wildman–Crippen MR) is 84.8 cm³/mol. The van der Waals surface area contributed by atoms with Gasteiger partial charge in [0.2, 0.25) is 5.91 Å². The van der Waals surface area contributed by atoms with Gasteiger partial charge >= 0.3 is 0 Å². The molecule has 0 heterocycles. The van der Waals surface area contributed by atoms with E-state index in [1.807, 2.05) is 4.90 Å². The van der Waals surface area contributed by atoms with E-state index in [9.17, 15) is 9.59 Å². The second kappa shape index (κ2) is 14.5. The van der Waals surface area contributed by atoms with Crippen molar-refractivity contribution in [3.8, 4) is 0 Å². The number of nitrogens with zero attached hydrogens (tertiary/aromatic N) is 2. The molecule has 0 fully saturated rings. The van der Waals surface area contributed by atoms with Gasteiger partial charge in [0.1, 0.15) is 6.29 Å². The Labute approximate surface area is 137 Å². The topological polar surface area (TPSA) is 122 Å². The molecule has 4 N–H and O–H groups in total. The molecule has 23 heavy (non-hydrogen) atoms. The van der Waals surface area contributed by atoms with Crippen LogP contribution in [0.2, 0.25) is 0 Å². The lowest BCUT2D eigenvalue weighted by Gasteiger charge is -2.24. The number of hydrogen-bond donors (Lipinski definition) is 4. The highest BCUT2D eigenvalue weighted by Gasteiger charge is 2.16. The molecule has 0 aliphatic rings. The Hall–Kier alpha value is -1.06. The zero-order valence-electron chi connectivity index (χ0n) is 13.6. The summed E-state index contributed by atoms with van der Waals surface area (Å²) in [4.78, 5) is 26.3. The Kier molecular flexibility index (Phi) is 13.9. The van der Waals surface area contributed by atoms with Gasteiger partial charge in [0, 0.05) is 45.1 Å². The Morgan fingerprint density at radius 1 is 0.913 bits per heavy atom. The van der Waals surface area contributed by atoms with Crippen LogP contribution in [0, 0.1) is 5.92 Å². The molecule has 0 spiro atoms. The van der Waals surface area contributed by atoms with E-state index in [2.05, 4.69) is 0 Å².